The summed E-state index contributed by atoms with van der Waals surface area (Å²) in [5.74, 6) is 1.63. The Morgan fingerprint density at radius 3 is 2.57 bits per heavy atom. The molecule has 0 N–H and O–H groups in total. The minimum atomic E-state index is -0.108. The van der Waals surface area contributed by atoms with Crippen LogP contribution in [0, 0.1) is 5.92 Å². The molecule has 1 fully saturated rings. The van der Waals surface area contributed by atoms with E-state index in [1.165, 1.54) is 43.4 Å². The van der Waals surface area contributed by atoms with E-state index in [2.05, 4.69) is 16.8 Å². The van der Waals surface area contributed by atoms with Gasteiger partial charge in [0.25, 0.3) is 5.91 Å². The van der Waals surface area contributed by atoms with Crippen molar-refractivity contribution in [1.82, 2.24) is 9.88 Å². The minimum Gasteiger partial charge on any atom is -0.357 e. The quantitative estimate of drug-likeness (QED) is 0.575. The number of rotatable bonds is 6. The Hall–Kier alpha value is -1.29. The second-order valence-corrected chi connectivity index (χ2v) is 6.99. The van der Waals surface area contributed by atoms with Crippen molar-refractivity contribution in [3.05, 3.63) is 22.8 Å². The Kier molecular flexibility index (Phi) is 6.70. The largest absolute Gasteiger partial charge is 0.357 e. The first-order valence-corrected chi connectivity index (χ1v) is 9.03. The van der Waals surface area contributed by atoms with Gasteiger partial charge in [-0.1, -0.05) is 44.2 Å². The number of pyridine rings is 1. The summed E-state index contributed by atoms with van der Waals surface area (Å²) >= 11 is 6.22. The number of piperidine rings is 1. The molecule has 128 valence electrons. The van der Waals surface area contributed by atoms with Crippen LogP contribution in [0.2, 0.25) is 5.15 Å². The maximum absolute atomic E-state index is 12.0. The van der Waals surface area contributed by atoms with Crippen LogP contribution in [0.5, 0.6) is 0 Å². The van der Waals surface area contributed by atoms with E-state index in [9.17, 15) is 4.79 Å². The van der Waals surface area contributed by atoms with Crippen molar-refractivity contribution in [1.29, 1.82) is 0 Å². The van der Waals surface area contributed by atoms with Crippen LogP contribution in [0.3, 0.4) is 0 Å². The fourth-order valence-electron chi connectivity index (χ4n) is 3.13. The summed E-state index contributed by atoms with van der Waals surface area (Å²) in [6.45, 7) is 4.31. The van der Waals surface area contributed by atoms with Crippen LogP contribution in [-0.2, 0) is 0 Å². The fraction of sp³-hybridized carbons (Fsp3) is 0.667. The van der Waals surface area contributed by atoms with Crippen molar-refractivity contribution >= 4 is 23.3 Å². The molecule has 1 saturated heterocycles. The molecule has 1 aromatic rings. The SMILES string of the molecule is CCCCCC1CCN(c2ccc(C(=O)N(C)C)c(Cl)n2)CC1. The standard InChI is InChI=1S/C18H28ClN3O/c1-4-5-6-7-14-10-12-22(13-11-14)16-9-8-15(17(19)20-16)18(23)21(2)3/h8-9,14H,4-7,10-13H2,1-3H3. The highest BCUT2D eigenvalue weighted by Crippen LogP contribution is 2.27. The van der Waals surface area contributed by atoms with Gasteiger partial charge in [0, 0.05) is 27.2 Å². The Labute approximate surface area is 144 Å². The van der Waals surface area contributed by atoms with Gasteiger partial charge in [0.1, 0.15) is 11.0 Å². The molecule has 0 aromatic carbocycles. The molecule has 1 aromatic heterocycles. The monoisotopic (exact) mass is 337 g/mol. The lowest BCUT2D eigenvalue weighted by molar-refractivity contribution is 0.0827. The maximum atomic E-state index is 12.0. The molecule has 0 atom stereocenters. The number of aromatic nitrogens is 1. The van der Waals surface area contributed by atoms with Gasteiger partial charge in [0.2, 0.25) is 0 Å². The van der Waals surface area contributed by atoms with Crippen LogP contribution < -0.4 is 4.90 Å². The van der Waals surface area contributed by atoms with Crippen molar-refractivity contribution in [2.24, 2.45) is 5.92 Å². The predicted molar refractivity (Wildman–Crippen MR) is 96.3 cm³/mol. The Morgan fingerprint density at radius 2 is 2.00 bits per heavy atom. The molecule has 23 heavy (non-hydrogen) atoms. The minimum absolute atomic E-state index is 0.108. The first-order chi connectivity index (χ1) is 11.0. The smallest absolute Gasteiger partial charge is 0.256 e. The summed E-state index contributed by atoms with van der Waals surface area (Å²) in [5.41, 5.74) is 0.467. The lowest BCUT2D eigenvalue weighted by atomic mass is 9.91. The van der Waals surface area contributed by atoms with E-state index in [0.29, 0.717) is 10.7 Å². The number of carbonyl (C=O) groups is 1. The average molecular weight is 338 g/mol. The Balaban J connectivity index is 1.94. The van der Waals surface area contributed by atoms with Gasteiger partial charge in [-0.05, 0) is 30.9 Å². The van der Waals surface area contributed by atoms with E-state index in [1.807, 2.05) is 6.07 Å². The zero-order chi connectivity index (χ0) is 16.8. The highest BCUT2D eigenvalue weighted by Gasteiger charge is 2.21. The number of hydrogen-bond acceptors (Lipinski definition) is 3. The number of halogens is 1. The molecule has 0 radical (unpaired) electrons. The summed E-state index contributed by atoms with van der Waals surface area (Å²) < 4.78 is 0. The number of carbonyl (C=O) groups excluding carboxylic acids is 1. The average Bonchev–Trinajstić information content (AvgIpc) is 2.55. The molecule has 5 heteroatoms. The lowest BCUT2D eigenvalue weighted by Gasteiger charge is -2.33. The van der Waals surface area contributed by atoms with E-state index in [-0.39, 0.29) is 5.91 Å². The molecule has 2 rings (SSSR count). The van der Waals surface area contributed by atoms with Gasteiger partial charge in [-0.3, -0.25) is 4.79 Å². The Bertz CT molecular complexity index is 525. The molecule has 0 aliphatic carbocycles. The van der Waals surface area contributed by atoms with Crippen LogP contribution in [0.1, 0.15) is 55.8 Å². The third kappa shape index (κ3) is 4.84. The molecule has 1 amide bonds. The predicted octanol–water partition coefficient (Wildman–Crippen LogP) is 4.23. The molecule has 0 saturated carbocycles. The van der Waals surface area contributed by atoms with Gasteiger partial charge in [0.05, 0.1) is 5.56 Å². The van der Waals surface area contributed by atoms with Crippen molar-refractivity contribution in [3.63, 3.8) is 0 Å². The number of nitrogens with zero attached hydrogens (tertiary/aromatic N) is 3. The van der Waals surface area contributed by atoms with Gasteiger partial charge in [0.15, 0.2) is 0 Å². The van der Waals surface area contributed by atoms with Gasteiger partial charge in [-0.25, -0.2) is 4.98 Å². The highest BCUT2D eigenvalue weighted by molar-refractivity contribution is 6.32. The molecule has 0 unspecified atom stereocenters. The van der Waals surface area contributed by atoms with Crippen LogP contribution in [0.4, 0.5) is 5.82 Å². The molecule has 2 heterocycles. The topological polar surface area (TPSA) is 36.4 Å². The van der Waals surface area contributed by atoms with Crippen LogP contribution in [0.25, 0.3) is 0 Å². The molecule has 0 spiro atoms. The van der Waals surface area contributed by atoms with E-state index in [4.69, 9.17) is 11.6 Å². The summed E-state index contributed by atoms with van der Waals surface area (Å²) in [4.78, 5) is 20.3. The second kappa shape index (κ2) is 8.53. The van der Waals surface area contributed by atoms with Gasteiger partial charge >= 0.3 is 0 Å². The molecule has 4 nitrogen and oxygen atoms in total. The molecule has 1 aliphatic heterocycles. The first kappa shape index (κ1) is 18.1. The third-order valence-corrected chi connectivity index (χ3v) is 4.91. The normalized spacial score (nSPS) is 15.7. The van der Waals surface area contributed by atoms with E-state index < -0.39 is 0 Å². The number of unbranched alkanes of at least 4 members (excludes halogenated alkanes) is 2. The molecule has 0 bridgehead atoms. The van der Waals surface area contributed by atoms with E-state index in [1.54, 1.807) is 20.2 Å². The van der Waals surface area contributed by atoms with E-state index >= 15 is 0 Å². The van der Waals surface area contributed by atoms with Gasteiger partial charge in [-0.2, -0.15) is 0 Å². The molecular formula is C18H28ClN3O. The van der Waals surface area contributed by atoms with Crippen molar-refractivity contribution in [2.75, 3.05) is 32.1 Å². The highest BCUT2D eigenvalue weighted by atomic mass is 35.5. The molecule has 1 aliphatic rings. The van der Waals surface area contributed by atoms with Crippen LogP contribution >= 0.6 is 11.6 Å². The van der Waals surface area contributed by atoms with Crippen molar-refractivity contribution in [2.45, 2.75) is 45.4 Å². The summed E-state index contributed by atoms with van der Waals surface area (Å²) in [7, 11) is 3.44. The van der Waals surface area contributed by atoms with Gasteiger partial charge in [-0.15, -0.1) is 0 Å². The fourth-order valence-corrected chi connectivity index (χ4v) is 3.37. The number of amides is 1. The lowest BCUT2D eigenvalue weighted by Crippen LogP contribution is -2.34. The third-order valence-electron chi connectivity index (χ3n) is 4.63. The zero-order valence-corrected chi connectivity index (χ0v) is 15.3. The summed E-state index contributed by atoms with van der Waals surface area (Å²) in [6.07, 6.45) is 7.79. The van der Waals surface area contributed by atoms with Gasteiger partial charge < -0.3 is 9.80 Å². The first-order valence-electron chi connectivity index (χ1n) is 8.66. The summed E-state index contributed by atoms with van der Waals surface area (Å²) in [6, 6.07) is 3.71. The number of anilines is 1. The van der Waals surface area contributed by atoms with Crippen molar-refractivity contribution in [3.8, 4) is 0 Å². The van der Waals surface area contributed by atoms with Crippen molar-refractivity contribution < 1.29 is 4.79 Å². The van der Waals surface area contributed by atoms with Crippen LogP contribution in [0.15, 0.2) is 12.1 Å². The maximum Gasteiger partial charge on any atom is 0.256 e. The molecular weight excluding hydrogens is 310 g/mol. The second-order valence-electron chi connectivity index (χ2n) is 6.63. The number of hydrogen-bond donors (Lipinski definition) is 0. The van der Waals surface area contributed by atoms with Crippen LogP contribution in [-0.4, -0.2) is 43.0 Å². The zero-order valence-electron chi connectivity index (χ0n) is 14.5. The summed E-state index contributed by atoms with van der Waals surface area (Å²) in [5, 5.41) is 0.297. The van der Waals surface area contributed by atoms with E-state index in [0.717, 1.165) is 24.8 Å². The Morgan fingerprint density at radius 1 is 1.30 bits per heavy atom.